The zero-order valence-corrected chi connectivity index (χ0v) is 15.5. The summed E-state index contributed by atoms with van der Waals surface area (Å²) in [4.78, 5) is 11.7. The largest absolute Gasteiger partial charge is 0.469 e. The molecule has 3 rings (SSSR count). The first kappa shape index (κ1) is 18.0. The summed E-state index contributed by atoms with van der Waals surface area (Å²) >= 11 is 1.55. The molecule has 0 saturated heterocycles. The number of aromatic nitrogens is 3. The van der Waals surface area contributed by atoms with E-state index in [4.69, 9.17) is 9.15 Å². The van der Waals surface area contributed by atoms with Gasteiger partial charge in [0.25, 0.3) is 0 Å². The third-order valence-electron chi connectivity index (χ3n) is 3.84. The molecule has 0 atom stereocenters. The molecule has 1 aromatic carbocycles. The number of carbonyl (C=O) groups excluding carboxylic acids is 1. The first-order valence-corrected chi connectivity index (χ1v) is 9.01. The maximum atomic E-state index is 11.7. The zero-order valence-electron chi connectivity index (χ0n) is 14.6. The van der Waals surface area contributed by atoms with Crippen molar-refractivity contribution in [3.8, 4) is 11.4 Å². The van der Waals surface area contributed by atoms with Gasteiger partial charge in [-0.1, -0.05) is 30.0 Å². The highest BCUT2D eigenvalue weighted by Crippen LogP contribution is 2.28. The molecule has 134 valence electrons. The van der Waals surface area contributed by atoms with Crippen LogP contribution in [-0.4, -0.2) is 27.8 Å². The van der Waals surface area contributed by atoms with Crippen LogP contribution >= 0.6 is 11.8 Å². The molecule has 3 aromatic rings. The Morgan fingerprint density at radius 1 is 1.38 bits per heavy atom. The van der Waals surface area contributed by atoms with Gasteiger partial charge in [0, 0.05) is 12.3 Å². The maximum absolute atomic E-state index is 11.7. The van der Waals surface area contributed by atoms with E-state index in [2.05, 4.69) is 16.8 Å². The molecule has 6 nitrogen and oxygen atoms in total. The van der Waals surface area contributed by atoms with Crippen LogP contribution in [0.15, 0.2) is 58.8 Å². The molecule has 0 saturated carbocycles. The molecule has 0 aliphatic heterocycles. The lowest BCUT2D eigenvalue weighted by Gasteiger charge is -2.08. The van der Waals surface area contributed by atoms with Gasteiger partial charge < -0.3 is 9.15 Å². The van der Waals surface area contributed by atoms with Crippen LogP contribution in [-0.2, 0) is 17.0 Å². The summed E-state index contributed by atoms with van der Waals surface area (Å²) in [6.45, 7) is 6.31. The molecule has 0 unspecified atom stereocenters. The number of benzene rings is 1. The Balaban J connectivity index is 1.82. The van der Waals surface area contributed by atoms with Crippen LogP contribution in [0.25, 0.3) is 11.4 Å². The lowest BCUT2D eigenvalue weighted by molar-refractivity contribution is 0.0600. The molecule has 0 radical (unpaired) electrons. The van der Waals surface area contributed by atoms with Gasteiger partial charge in [0.15, 0.2) is 11.0 Å². The fourth-order valence-electron chi connectivity index (χ4n) is 2.56. The monoisotopic (exact) mass is 369 g/mol. The number of nitrogens with zero attached hydrogens (tertiary/aromatic N) is 3. The number of methoxy groups -OCH3 is 1. The minimum Gasteiger partial charge on any atom is -0.469 e. The molecule has 0 spiro atoms. The van der Waals surface area contributed by atoms with Crippen molar-refractivity contribution in [3.63, 3.8) is 0 Å². The van der Waals surface area contributed by atoms with Crippen LogP contribution in [0, 0.1) is 6.92 Å². The van der Waals surface area contributed by atoms with Gasteiger partial charge in [0.2, 0.25) is 0 Å². The number of allylic oxidation sites excluding steroid dienone is 1. The highest BCUT2D eigenvalue weighted by Gasteiger charge is 2.17. The lowest BCUT2D eigenvalue weighted by atomic mass is 10.1. The fraction of sp³-hybridized carbons (Fsp3) is 0.211. The average Bonchev–Trinajstić information content (AvgIpc) is 3.25. The average molecular weight is 369 g/mol. The molecule has 0 amide bonds. The van der Waals surface area contributed by atoms with E-state index in [1.54, 1.807) is 24.1 Å². The topological polar surface area (TPSA) is 70.2 Å². The zero-order chi connectivity index (χ0) is 18.5. The molecule has 0 aliphatic rings. The third-order valence-corrected chi connectivity index (χ3v) is 4.88. The molecule has 2 heterocycles. The Hall–Kier alpha value is -2.80. The Morgan fingerprint density at radius 2 is 2.23 bits per heavy atom. The van der Waals surface area contributed by atoms with Gasteiger partial charge in [-0.15, -0.1) is 16.8 Å². The van der Waals surface area contributed by atoms with Crippen LogP contribution in [0.3, 0.4) is 0 Å². The predicted octanol–water partition coefficient (Wildman–Crippen LogP) is 4.11. The number of ether oxygens (including phenoxy) is 1. The van der Waals surface area contributed by atoms with Crippen molar-refractivity contribution in [1.29, 1.82) is 0 Å². The number of hydrogen-bond acceptors (Lipinski definition) is 6. The van der Waals surface area contributed by atoms with Crippen molar-refractivity contribution in [1.82, 2.24) is 14.8 Å². The fourth-order valence-corrected chi connectivity index (χ4v) is 3.45. The summed E-state index contributed by atoms with van der Waals surface area (Å²) in [6.07, 6.45) is 3.45. The van der Waals surface area contributed by atoms with Crippen molar-refractivity contribution in [3.05, 3.63) is 66.1 Å². The summed E-state index contributed by atoms with van der Waals surface area (Å²) in [6, 6.07) is 9.26. The molecule has 0 N–H and O–H groups in total. The quantitative estimate of drug-likeness (QED) is 0.355. The van der Waals surface area contributed by atoms with Gasteiger partial charge >= 0.3 is 5.97 Å². The second-order valence-corrected chi connectivity index (χ2v) is 6.52. The van der Waals surface area contributed by atoms with E-state index in [1.165, 1.54) is 7.11 Å². The molecule has 0 bridgehead atoms. The Morgan fingerprint density at radius 3 is 2.92 bits per heavy atom. The minimum atomic E-state index is -0.343. The first-order valence-electron chi connectivity index (χ1n) is 8.02. The molecular weight excluding hydrogens is 350 g/mol. The Labute approximate surface area is 155 Å². The van der Waals surface area contributed by atoms with Crippen molar-refractivity contribution in [2.75, 3.05) is 7.11 Å². The van der Waals surface area contributed by atoms with Crippen LogP contribution in [0.1, 0.15) is 21.7 Å². The minimum absolute atomic E-state index is 0.343. The standard InChI is InChI=1S/C19H19N3O3S/c1-4-9-22-17(16-8-10-25-13(16)2)20-21-19(22)26-12-14-6-5-7-15(11-14)18(23)24-3/h4-8,10-11H,1,9,12H2,2-3H3. The molecule has 26 heavy (non-hydrogen) atoms. The van der Waals surface area contributed by atoms with Crippen molar-refractivity contribution in [2.24, 2.45) is 0 Å². The number of thioether (sulfide) groups is 1. The Kier molecular flexibility index (Phi) is 5.58. The van der Waals surface area contributed by atoms with Gasteiger partial charge in [-0.25, -0.2) is 4.79 Å². The van der Waals surface area contributed by atoms with E-state index >= 15 is 0 Å². The summed E-state index contributed by atoms with van der Waals surface area (Å²) in [5.74, 6) is 1.86. The number of hydrogen-bond donors (Lipinski definition) is 0. The van der Waals surface area contributed by atoms with E-state index in [0.717, 1.165) is 27.9 Å². The number of aryl methyl sites for hydroxylation is 1. The lowest BCUT2D eigenvalue weighted by Crippen LogP contribution is -2.02. The van der Waals surface area contributed by atoms with Crippen molar-refractivity contribution in [2.45, 2.75) is 24.4 Å². The number of rotatable bonds is 7. The van der Waals surface area contributed by atoms with Crippen LogP contribution in [0.5, 0.6) is 0 Å². The number of esters is 1. The smallest absolute Gasteiger partial charge is 0.337 e. The molecule has 0 aliphatic carbocycles. The SMILES string of the molecule is C=CCn1c(SCc2cccc(C(=O)OC)c2)nnc1-c1ccoc1C. The Bertz CT molecular complexity index is 930. The summed E-state index contributed by atoms with van der Waals surface area (Å²) in [5.41, 5.74) is 2.46. The number of furan rings is 1. The van der Waals surface area contributed by atoms with Crippen molar-refractivity contribution >= 4 is 17.7 Å². The van der Waals surface area contributed by atoms with Gasteiger partial charge in [-0.05, 0) is 30.7 Å². The van der Waals surface area contributed by atoms with E-state index < -0.39 is 0 Å². The van der Waals surface area contributed by atoms with E-state index in [1.807, 2.05) is 41.8 Å². The van der Waals surface area contributed by atoms with E-state index in [0.29, 0.717) is 17.9 Å². The van der Waals surface area contributed by atoms with Gasteiger partial charge in [0.05, 0.1) is 24.5 Å². The van der Waals surface area contributed by atoms with Gasteiger partial charge in [-0.2, -0.15) is 0 Å². The maximum Gasteiger partial charge on any atom is 0.337 e. The normalized spacial score (nSPS) is 10.7. The summed E-state index contributed by atoms with van der Waals surface area (Å²) in [7, 11) is 1.38. The molecule has 0 fully saturated rings. The molecular formula is C19H19N3O3S. The van der Waals surface area contributed by atoms with E-state index in [9.17, 15) is 4.79 Å². The van der Waals surface area contributed by atoms with Gasteiger partial charge in [-0.3, -0.25) is 4.57 Å². The number of carbonyl (C=O) groups is 1. The summed E-state index contributed by atoms with van der Waals surface area (Å²) in [5, 5.41) is 9.42. The molecule has 2 aromatic heterocycles. The third kappa shape index (κ3) is 3.72. The second kappa shape index (κ2) is 8.05. The summed E-state index contributed by atoms with van der Waals surface area (Å²) < 4.78 is 12.1. The van der Waals surface area contributed by atoms with Crippen LogP contribution in [0.2, 0.25) is 0 Å². The molecule has 7 heteroatoms. The van der Waals surface area contributed by atoms with Crippen LogP contribution in [0.4, 0.5) is 0 Å². The van der Waals surface area contributed by atoms with Gasteiger partial charge in [0.1, 0.15) is 5.76 Å². The highest BCUT2D eigenvalue weighted by molar-refractivity contribution is 7.98. The first-order chi connectivity index (χ1) is 12.6. The second-order valence-electron chi connectivity index (χ2n) is 5.58. The predicted molar refractivity (Wildman–Crippen MR) is 100 cm³/mol. The highest BCUT2D eigenvalue weighted by atomic mass is 32.2. The van der Waals surface area contributed by atoms with Crippen LogP contribution < -0.4 is 0 Å². The van der Waals surface area contributed by atoms with Crippen molar-refractivity contribution < 1.29 is 13.9 Å². The van der Waals surface area contributed by atoms with E-state index in [-0.39, 0.29) is 5.97 Å².